The van der Waals surface area contributed by atoms with Gasteiger partial charge in [0.15, 0.2) is 5.96 Å². The number of guanidine groups is 1. The average molecular weight is 527 g/mol. The van der Waals surface area contributed by atoms with Gasteiger partial charge in [-0.05, 0) is 55.0 Å². The average Bonchev–Trinajstić information content (AvgIpc) is 3.21. The molecule has 3 N–H and O–H groups in total. The highest BCUT2D eigenvalue weighted by Crippen LogP contribution is 2.24. The van der Waals surface area contributed by atoms with E-state index in [4.69, 9.17) is 4.99 Å². The third-order valence-corrected chi connectivity index (χ3v) is 5.59. The van der Waals surface area contributed by atoms with Gasteiger partial charge < -0.3 is 20.9 Å². The predicted octanol–water partition coefficient (Wildman–Crippen LogP) is 4.05. The van der Waals surface area contributed by atoms with Crippen molar-refractivity contribution < 1.29 is 4.79 Å². The fourth-order valence-electron chi connectivity index (χ4n) is 3.33. The van der Waals surface area contributed by atoms with Gasteiger partial charge in [0.25, 0.3) is 0 Å². The molecule has 158 valence electrons. The van der Waals surface area contributed by atoms with Crippen LogP contribution in [-0.4, -0.2) is 37.5 Å². The Morgan fingerprint density at radius 3 is 2.69 bits per heavy atom. The Bertz CT molecular complexity index is 788. The van der Waals surface area contributed by atoms with Crippen LogP contribution in [0.5, 0.6) is 0 Å². The van der Waals surface area contributed by atoms with E-state index in [0.29, 0.717) is 12.6 Å². The van der Waals surface area contributed by atoms with E-state index in [9.17, 15) is 4.79 Å². The number of thiophene rings is 1. The summed E-state index contributed by atoms with van der Waals surface area (Å²) < 4.78 is 0. The first kappa shape index (κ1) is 23.5. The van der Waals surface area contributed by atoms with Crippen LogP contribution in [0, 0.1) is 0 Å². The summed E-state index contributed by atoms with van der Waals surface area (Å²) in [5, 5.41) is 13.2. The molecule has 0 aliphatic carbocycles. The summed E-state index contributed by atoms with van der Waals surface area (Å²) in [5.74, 6) is 0.784. The minimum Gasteiger partial charge on any atom is -0.363 e. The molecule has 0 saturated carbocycles. The number of carbonyl (C=O) groups is 1. The maximum absolute atomic E-state index is 11.2. The quantitative estimate of drug-likeness (QED) is 0.301. The third kappa shape index (κ3) is 7.50. The van der Waals surface area contributed by atoms with Crippen LogP contribution in [0.1, 0.15) is 32.3 Å². The zero-order valence-electron chi connectivity index (χ0n) is 17.0. The molecule has 29 heavy (non-hydrogen) atoms. The lowest BCUT2D eigenvalue weighted by atomic mass is 10.1. The molecule has 1 saturated heterocycles. The van der Waals surface area contributed by atoms with E-state index in [2.05, 4.69) is 45.3 Å². The number of amides is 1. The van der Waals surface area contributed by atoms with E-state index in [1.807, 2.05) is 24.3 Å². The predicted molar refractivity (Wildman–Crippen MR) is 134 cm³/mol. The third-order valence-electron chi connectivity index (χ3n) is 4.66. The molecule has 0 bridgehead atoms. The van der Waals surface area contributed by atoms with Crippen molar-refractivity contribution in [2.24, 2.45) is 4.99 Å². The van der Waals surface area contributed by atoms with Crippen molar-refractivity contribution in [3.05, 3.63) is 47.3 Å². The standard InChI is InChI=1S/C21H29N5OS.HI/c1-3-22-21(23-15-17-6-4-7-19(14-17)24-16(2)27)25-18-9-11-26(12-10-18)20-8-5-13-28-20;/h4-8,13-14,18H,3,9-12,15H2,1-2H3,(H,24,27)(H2,22,23,25);1H. The number of anilines is 2. The maximum atomic E-state index is 11.2. The number of rotatable bonds is 6. The second kappa shape index (κ2) is 12.0. The fourth-order valence-corrected chi connectivity index (χ4v) is 4.11. The van der Waals surface area contributed by atoms with Crippen LogP contribution in [0.15, 0.2) is 46.8 Å². The largest absolute Gasteiger partial charge is 0.363 e. The Morgan fingerprint density at radius 1 is 1.24 bits per heavy atom. The van der Waals surface area contributed by atoms with Crippen molar-refractivity contribution >= 4 is 57.9 Å². The SMILES string of the molecule is CCNC(=NCc1cccc(NC(C)=O)c1)NC1CCN(c2cccs2)CC1.I. The first-order chi connectivity index (χ1) is 13.6. The Hall–Kier alpha value is -1.81. The zero-order valence-corrected chi connectivity index (χ0v) is 20.1. The van der Waals surface area contributed by atoms with E-state index in [-0.39, 0.29) is 29.9 Å². The topological polar surface area (TPSA) is 68.8 Å². The number of hydrogen-bond donors (Lipinski definition) is 3. The summed E-state index contributed by atoms with van der Waals surface area (Å²) in [4.78, 5) is 18.4. The lowest BCUT2D eigenvalue weighted by molar-refractivity contribution is -0.114. The van der Waals surface area contributed by atoms with Crippen LogP contribution in [0.25, 0.3) is 0 Å². The zero-order chi connectivity index (χ0) is 19.8. The molecule has 0 unspecified atom stereocenters. The molecule has 1 aliphatic heterocycles. The van der Waals surface area contributed by atoms with Crippen LogP contribution in [0.3, 0.4) is 0 Å². The van der Waals surface area contributed by atoms with Gasteiger partial charge >= 0.3 is 0 Å². The second-order valence-electron chi connectivity index (χ2n) is 6.93. The fraction of sp³-hybridized carbons (Fsp3) is 0.429. The number of hydrogen-bond acceptors (Lipinski definition) is 4. The van der Waals surface area contributed by atoms with E-state index in [1.165, 1.54) is 11.9 Å². The van der Waals surface area contributed by atoms with Gasteiger partial charge in [-0.2, -0.15) is 0 Å². The van der Waals surface area contributed by atoms with Crippen LogP contribution >= 0.6 is 35.3 Å². The first-order valence-corrected chi connectivity index (χ1v) is 10.7. The highest BCUT2D eigenvalue weighted by Gasteiger charge is 2.20. The van der Waals surface area contributed by atoms with E-state index in [0.717, 1.165) is 49.7 Å². The smallest absolute Gasteiger partial charge is 0.221 e. The molecule has 1 aliphatic rings. The molecule has 2 heterocycles. The molecule has 0 atom stereocenters. The van der Waals surface area contributed by atoms with E-state index in [1.54, 1.807) is 11.3 Å². The monoisotopic (exact) mass is 527 g/mol. The molecule has 1 amide bonds. The van der Waals surface area contributed by atoms with Crippen molar-refractivity contribution in [2.75, 3.05) is 29.9 Å². The van der Waals surface area contributed by atoms with Crippen LogP contribution in [0.4, 0.5) is 10.7 Å². The Balaban J connectivity index is 0.00000300. The number of carbonyl (C=O) groups excluding carboxylic acids is 1. The highest BCUT2D eigenvalue weighted by atomic mass is 127. The molecule has 1 aromatic heterocycles. The van der Waals surface area contributed by atoms with Crippen molar-refractivity contribution in [3.8, 4) is 0 Å². The van der Waals surface area contributed by atoms with Gasteiger partial charge in [0, 0.05) is 38.3 Å². The number of nitrogens with one attached hydrogen (secondary N) is 3. The lowest BCUT2D eigenvalue weighted by Gasteiger charge is -2.33. The lowest BCUT2D eigenvalue weighted by Crippen LogP contribution is -2.48. The summed E-state index contributed by atoms with van der Waals surface area (Å²) in [7, 11) is 0. The number of nitrogens with zero attached hydrogens (tertiary/aromatic N) is 2. The van der Waals surface area contributed by atoms with Crippen molar-refractivity contribution in [3.63, 3.8) is 0 Å². The van der Waals surface area contributed by atoms with Crippen molar-refractivity contribution in [2.45, 2.75) is 39.3 Å². The minimum absolute atomic E-state index is 0. The van der Waals surface area contributed by atoms with E-state index < -0.39 is 0 Å². The summed E-state index contributed by atoms with van der Waals surface area (Å²) in [5.41, 5.74) is 1.87. The normalized spacial score (nSPS) is 14.8. The van der Waals surface area contributed by atoms with Gasteiger partial charge in [0.1, 0.15) is 0 Å². The minimum atomic E-state index is -0.0652. The molecule has 1 aromatic carbocycles. The van der Waals surface area contributed by atoms with Crippen LogP contribution in [0.2, 0.25) is 0 Å². The molecule has 0 spiro atoms. The number of halogens is 1. The molecule has 8 heteroatoms. The summed E-state index contributed by atoms with van der Waals surface area (Å²) in [6.45, 7) is 7.12. The Morgan fingerprint density at radius 2 is 2.03 bits per heavy atom. The van der Waals surface area contributed by atoms with Gasteiger partial charge in [0.2, 0.25) is 5.91 Å². The van der Waals surface area contributed by atoms with Crippen LogP contribution in [-0.2, 0) is 11.3 Å². The number of aliphatic imine (C=N–C) groups is 1. The summed E-state index contributed by atoms with van der Waals surface area (Å²) >= 11 is 1.81. The Kier molecular flexibility index (Phi) is 9.72. The van der Waals surface area contributed by atoms with Crippen molar-refractivity contribution in [1.82, 2.24) is 10.6 Å². The highest BCUT2D eigenvalue weighted by molar-refractivity contribution is 14.0. The first-order valence-electron chi connectivity index (χ1n) is 9.84. The summed E-state index contributed by atoms with van der Waals surface area (Å²) in [6, 6.07) is 12.6. The molecule has 2 aromatic rings. The van der Waals surface area contributed by atoms with Crippen LogP contribution < -0.4 is 20.9 Å². The van der Waals surface area contributed by atoms with Gasteiger partial charge in [-0.15, -0.1) is 35.3 Å². The van der Waals surface area contributed by atoms with Gasteiger partial charge in [-0.25, -0.2) is 4.99 Å². The Labute approximate surface area is 194 Å². The molecule has 0 radical (unpaired) electrons. The molecule has 1 fully saturated rings. The van der Waals surface area contributed by atoms with Gasteiger partial charge in [-0.1, -0.05) is 12.1 Å². The summed E-state index contributed by atoms with van der Waals surface area (Å²) in [6.07, 6.45) is 2.20. The molecule has 3 rings (SSSR count). The number of piperidine rings is 1. The van der Waals surface area contributed by atoms with Gasteiger partial charge in [-0.3, -0.25) is 4.79 Å². The molecular weight excluding hydrogens is 497 g/mol. The van der Waals surface area contributed by atoms with Crippen molar-refractivity contribution in [1.29, 1.82) is 0 Å². The maximum Gasteiger partial charge on any atom is 0.221 e. The molecular formula is C21H30IN5OS. The van der Waals surface area contributed by atoms with Gasteiger partial charge in [0.05, 0.1) is 11.5 Å². The van der Waals surface area contributed by atoms with E-state index >= 15 is 0 Å². The number of benzene rings is 1. The second-order valence-corrected chi connectivity index (χ2v) is 7.86. The molecule has 6 nitrogen and oxygen atoms in total.